The van der Waals surface area contributed by atoms with E-state index in [0.29, 0.717) is 11.9 Å². The minimum absolute atomic E-state index is 0.0548. The predicted octanol–water partition coefficient (Wildman–Crippen LogP) is 4.58. The average molecular weight is 399 g/mol. The topological polar surface area (TPSA) is 60.2 Å². The van der Waals surface area contributed by atoms with Crippen molar-refractivity contribution in [1.82, 2.24) is 19.4 Å². The van der Waals surface area contributed by atoms with Crippen molar-refractivity contribution < 1.29 is 9.53 Å². The first-order valence-electron chi connectivity index (χ1n) is 11.2. The highest BCUT2D eigenvalue weighted by Gasteiger charge is 2.28. The Kier molecular flexibility index (Phi) is 5.79. The van der Waals surface area contributed by atoms with Gasteiger partial charge in [-0.2, -0.15) is 0 Å². The summed E-state index contributed by atoms with van der Waals surface area (Å²) in [5, 5.41) is 1.07. The minimum atomic E-state index is 0.0548. The second-order valence-corrected chi connectivity index (χ2v) is 9.05. The SMILES string of the molecule is Cc1c(C)n(C2CCCCC2)c2ncnc(OC3CCN(C(=O)C(C)C)CC3)c12. The van der Waals surface area contributed by atoms with Gasteiger partial charge in [-0.05, 0) is 32.3 Å². The van der Waals surface area contributed by atoms with E-state index in [9.17, 15) is 4.79 Å². The van der Waals surface area contributed by atoms with Crippen LogP contribution in [0, 0.1) is 19.8 Å². The molecule has 1 saturated carbocycles. The normalized spacial score (nSPS) is 19.3. The van der Waals surface area contributed by atoms with E-state index >= 15 is 0 Å². The standard InChI is InChI=1S/C23H34N4O2/c1-15(2)23(28)26-12-10-19(11-13-26)29-22-20-16(3)17(4)27(21(20)24-14-25-22)18-8-6-5-7-9-18/h14-15,18-19H,5-13H2,1-4H3. The summed E-state index contributed by atoms with van der Waals surface area (Å²) < 4.78 is 8.82. The lowest BCUT2D eigenvalue weighted by molar-refractivity contribution is -0.136. The molecule has 0 aromatic carbocycles. The number of carbonyl (C=O) groups is 1. The first-order chi connectivity index (χ1) is 14.0. The van der Waals surface area contributed by atoms with Gasteiger partial charge in [-0.15, -0.1) is 0 Å². The summed E-state index contributed by atoms with van der Waals surface area (Å²) in [6.07, 6.45) is 9.84. The molecule has 1 amide bonds. The van der Waals surface area contributed by atoms with Crippen molar-refractivity contribution in [2.24, 2.45) is 5.92 Å². The Morgan fingerprint density at radius 3 is 2.41 bits per heavy atom. The van der Waals surface area contributed by atoms with E-state index in [1.165, 1.54) is 43.4 Å². The zero-order valence-corrected chi connectivity index (χ0v) is 18.3. The van der Waals surface area contributed by atoms with Crippen molar-refractivity contribution >= 4 is 16.9 Å². The maximum atomic E-state index is 12.2. The molecule has 4 rings (SSSR count). The Balaban J connectivity index is 1.55. The number of likely N-dealkylation sites (tertiary alicyclic amines) is 1. The Hall–Kier alpha value is -2.11. The lowest BCUT2D eigenvalue weighted by Crippen LogP contribution is -2.43. The smallest absolute Gasteiger partial charge is 0.226 e. The summed E-state index contributed by atoms with van der Waals surface area (Å²) in [6.45, 7) is 9.81. The minimum Gasteiger partial charge on any atom is -0.474 e. The van der Waals surface area contributed by atoms with E-state index in [-0.39, 0.29) is 17.9 Å². The number of piperidine rings is 1. The molecule has 0 radical (unpaired) electrons. The van der Waals surface area contributed by atoms with Gasteiger partial charge in [0.1, 0.15) is 18.1 Å². The summed E-state index contributed by atoms with van der Waals surface area (Å²) in [5.41, 5.74) is 3.53. The van der Waals surface area contributed by atoms with E-state index < -0.39 is 0 Å². The highest BCUT2D eigenvalue weighted by Crippen LogP contribution is 2.37. The fraction of sp³-hybridized carbons (Fsp3) is 0.696. The van der Waals surface area contributed by atoms with Gasteiger partial charge in [0.05, 0.1) is 5.39 Å². The van der Waals surface area contributed by atoms with Crippen molar-refractivity contribution in [3.05, 3.63) is 17.6 Å². The number of fused-ring (bicyclic) bond motifs is 1. The van der Waals surface area contributed by atoms with E-state index in [2.05, 4.69) is 28.4 Å². The molecule has 2 fully saturated rings. The van der Waals surface area contributed by atoms with E-state index in [1.54, 1.807) is 6.33 Å². The molecule has 29 heavy (non-hydrogen) atoms. The zero-order chi connectivity index (χ0) is 20.5. The molecule has 0 unspecified atom stereocenters. The lowest BCUT2D eigenvalue weighted by atomic mass is 9.95. The van der Waals surface area contributed by atoms with Crippen molar-refractivity contribution in [3.8, 4) is 5.88 Å². The Labute approximate surface area is 173 Å². The summed E-state index contributed by atoms with van der Waals surface area (Å²) in [5.74, 6) is 1.00. The first-order valence-corrected chi connectivity index (χ1v) is 11.2. The van der Waals surface area contributed by atoms with Crippen LogP contribution in [-0.4, -0.2) is 44.5 Å². The molecule has 2 aliphatic rings. The van der Waals surface area contributed by atoms with Crippen LogP contribution in [-0.2, 0) is 4.79 Å². The van der Waals surface area contributed by atoms with Gasteiger partial charge in [0, 0.05) is 43.6 Å². The number of ether oxygens (including phenoxy) is 1. The van der Waals surface area contributed by atoms with Gasteiger partial charge >= 0.3 is 0 Å². The van der Waals surface area contributed by atoms with Crippen LogP contribution in [0.25, 0.3) is 11.0 Å². The zero-order valence-electron chi connectivity index (χ0n) is 18.3. The molecule has 0 atom stereocenters. The largest absolute Gasteiger partial charge is 0.474 e. The predicted molar refractivity (Wildman–Crippen MR) is 114 cm³/mol. The van der Waals surface area contributed by atoms with Crippen molar-refractivity contribution in [2.45, 2.75) is 84.8 Å². The third-order valence-electron chi connectivity index (χ3n) is 6.77. The molecule has 3 heterocycles. The number of carbonyl (C=O) groups excluding carboxylic acids is 1. The number of hydrogen-bond acceptors (Lipinski definition) is 4. The van der Waals surface area contributed by atoms with E-state index in [4.69, 9.17) is 4.74 Å². The lowest BCUT2D eigenvalue weighted by Gasteiger charge is -2.33. The third-order valence-corrected chi connectivity index (χ3v) is 6.77. The van der Waals surface area contributed by atoms with Crippen LogP contribution in [0.5, 0.6) is 5.88 Å². The van der Waals surface area contributed by atoms with Gasteiger partial charge in [0.25, 0.3) is 0 Å². The fourth-order valence-corrected chi connectivity index (χ4v) is 4.98. The van der Waals surface area contributed by atoms with Gasteiger partial charge < -0.3 is 14.2 Å². The molecule has 2 aromatic rings. The molecule has 0 bridgehead atoms. The molecule has 1 saturated heterocycles. The Bertz CT molecular complexity index is 875. The monoisotopic (exact) mass is 398 g/mol. The van der Waals surface area contributed by atoms with Crippen molar-refractivity contribution in [1.29, 1.82) is 0 Å². The van der Waals surface area contributed by atoms with Crippen molar-refractivity contribution in [3.63, 3.8) is 0 Å². The second-order valence-electron chi connectivity index (χ2n) is 9.05. The van der Waals surface area contributed by atoms with Crippen LogP contribution in [0.2, 0.25) is 0 Å². The van der Waals surface area contributed by atoms with Gasteiger partial charge in [-0.3, -0.25) is 4.79 Å². The number of nitrogens with zero attached hydrogens (tertiary/aromatic N) is 4. The van der Waals surface area contributed by atoms with Crippen LogP contribution in [0.3, 0.4) is 0 Å². The number of amides is 1. The third kappa shape index (κ3) is 3.86. The Morgan fingerprint density at radius 1 is 1.07 bits per heavy atom. The maximum absolute atomic E-state index is 12.2. The summed E-state index contributed by atoms with van der Waals surface area (Å²) in [4.78, 5) is 23.4. The summed E-state index contributed by atoms with van der Waals surface area (Å²) in [7, 11) is 0. The highest BCUT2D eigenvalue weighted by molar-refractivity contribution is 5.86. The number of aromatic nitrogens is 3. The van der Waals surface area contributed by atoms with Gasteiger partial charge in [-0.25, -0.2) is 9.97 Å². The molecule has 1 aliphatic carbocycles. The second kappa shape index (κ2) is 8.33. The summed E-state index contributed by atoms with van der Waals surface area (Å²) in [6, 6.07) is 0.535. The summed E-state index contributed by atoms with van der Waals surface area (Å²) >= 11 is 0. The van der Waals surface area contributed by atoms with Crippen molar-refractivity contribution in [2.75, 3.05) is 13.1 Å². The van der Waals surface area contributed by atoms with Crippen LogP contribution in [0.1, 0.15) is 76.1 Å². The molecule has 1 aliphatic heterocycles. The molecule has 6 nitrogen and oxygen atoms in total. The molecular weight excluding hydrogens is 364 g/mol. The quantitative estimate of drug-likeness (QED) is 0.756. The van der Waals surface area contributed by atoms with Gasteiger partial charge in [-0.1, -0.05) is 33.1 Å². The number of hydrogen-bond donors (Lipinski definition) is 0. The molecule has 0 N–H and O–H groups in total. The fourth-order valence-electron chi connectivity index (χ4n) is 4.98. The molecule has 2 aromatic heterocycles. The number of rotatable bonds is 4. The average Bonchev–Trinajstić information content (AvgIpc) is 3.00. The van der Waals surface area contributed by atoms with Crippen LogP contribution in [0.15, 0.2) is 6.33 Å². The Morgan fingerprint density at radius 2 is 1.76 bits per heavy atom. The van der Waals surface area contributed by atoms with Crippen LogP contribution in [0.4, 0.5) is 0 Å². The number of aryl methyl sites for hydroxylation is 1. The molecule has 158 valence electrons. The van der Waals surface area contributed by atoms with E-state index in [1.807, 2.05) is 18.7 Å². The molecule has 6 heteroatoms. The van der Waals surface area contributed by atoms with Crippen LogP contribution >= 0.6 is 0 Å². The van der Waals surface area contributed by atoms with E-state index in [0.717, 1.165) is 37.0 Å². The first kappa shape index (κ1) is 20.2. The van der Waals surface area contributed by atoms with Gasteiger partial charge in [0.15, 0.2) is 0 Å². The van der Waals surface area contributed by atoms with Crippen LogP contribution < -0.4 is 4.74 Å². The van der Waals surface area contributed by atoms with Gasteiger partial charge in [0.2, 0.25) is 11.8 Å². The maximum Gasteiger partial charge on any atom is 0.226 e. The highest BCUT2D eigenvalue weighted by atomic mass is 16.5. The molecule has 0 spiro atoms. The molecular formula is C23H34N4O2.